The summed E-state index contributed by atoms with van der Waals surface area (Å²) in [6.07, 6.45) is 3.68. The average molecular weight is 388 g/mol. The SMILES string of the molecule is CCNCC1CCN(C(=O)c2ccc(=O)n(Cc3ccccc3Cl)c2)CC1. The number of nitrogens with one attached hydrogen (secondary N) is 1. The highest BCUT2D eigenvalue weighted by Crippen LogP contribution is 2.19. The summed E-state index contributed by atoms with van der Waals surface area (Å²) in [6, 6.07) is 10.5. The zero-order valence-electron chi connectivity index (χ0n) is 15.7. The summed E-state index contributed by atoms with van der Waals surface area (Å²) in [5.74, 6) is 0.619. The molecule has 1 aliphatic heterocycles. The van der Waals surface area contributed by atoms with Crippen LogP contribution in [-0.2, 0) is 6.54 Å². The van der Waals surface area contributed by atoms with E-state index in [1.807, 2.05) is 23.1 Å². The number of hydrogen-bond acceptors (Lipinski definition) is 3. The predicted molar refractivity (Wildman–Crippen MR) is 108 cm³/mol. The molecule has 27 heavy (non-hydrogen) atoms. The Kier molecular flexibility index (Phi) is 6.69. The molecule has 1 amide bonds. The Labute approximate surface area is 164 Å². The molecular weight excluding hydrogens is 362 g/mol. The normalized spacial score (nSPS) is 15.1. The highest BCUT2D eigenvalue weighted by atomic mass is 35.5. The maximum Gasteiger partial charge on any atom is 0.255 e. The Hall–Kier alpha value is -2.11. The van der Waals surface area contributed by atoms with Crippen LogP contribution in [0.2, 0.25) is 5.02 Å². The number of likely N-dealkylation sites (tertiary alicyclic amines) is 1. The van der Waals surface area contributed by atoms with E-state index in [9.17, 15) is 9.59 Å². The van der Waals surface area contributed by atoms with Gasteiger partial charge in [0.1, 0.15) is 0 Å². The Morgan fingerprint density at radius 1 is 1.19 bits per heavy atom. The monoisotopic (exact) mass is 387 g/mol. The molecule has 0 aliphatic carbocycles. The summed E-state index contributed by atoms with van der Waals surface area (Å²) in [6.45, 7) is 5.98. The van der Waals surface area contributed by atoms with Crippen molar-refractivity contribution in [2.75, 3.05) is 26.2 Å². The molecule has 0 saturated carbocycles. The summed E-state index contributed by atoms with van der Waals surface area (Å²) >= 11 is 6.20. The molecule has 6 heteroatoms. The van der Waals surface area contributed by atoms with E-state index in [0.717, 1.165) is 44.6 Å². The second-order valence-corrected chi connectivity index (χ2v) is 7.43. The predicted octanol–water partition coefficient (Wildman–Crippen LogP) is 3.01. The van der Waals surface area contributed by atoms with Gasteiger partial charge < -0.3 is 14.8 Å². The number of rotatable bonds is 6. The van der Waals surface area contributed by atoms with Gasteiger partial charge in [-0.05, 0) is 49.5 Å². The first-order valence-corrected chi connectivity index (χ1v) is 9.90. The maximum atomic E-state index is 12.9. The van der Waals surface area contributed by atoms with Crippen LogP contribution in [0.5, 0.6) is 0 Å². The van der Waals surface area contributed by atoms with Crippen molar-refractivity contribution in [2.24, 2.45) is 5.92 Å². The number of carbonyl (C=O) groups is 1. The Morgan fingerprint density at radius 3 is 2.63 bits per heavy atom. The highest BCUT2D eigenvalue weighted by Gasteiger charge is 2.23. The number of nitrogens with zero attached hydrogens (tertiary/aromatic N) is 2. The molecule has 1 saturated heterocycles. The number of hydrogen-bond donors (Lipinski definition) is 1. The van der Waals surface area contributed by atoms with Crippen molar-refractivity contribution in [2.45, 2.75) is 26.3 Å². The minimum Gasteiger partial charge on any atom is -0.339 e. The van der Waals surface area contributed by atoms with Crippen molar-refractivity contribution in [3.63, 3.8) is 0 Å². The fourth-order valence-electron chi connectivity index (χ4n) is 3.46. The number of carbonyl (C=O) groups excluding carboxylic acids is 1. The van der Waals surface area contributed by atoms with E-state index in [1.165, 1.54) is 6.07 Å². The summed E-state index contributed by atoms with van der Waals surface area (Å²) < 4.78 is 1.55. The first-order valence-electron chi connectivity index (χ1n) is 9.52. The number of halogens is 1. The summed E-state index contributed by atoms with van der Waals surface area (Å²) in [7, 11) is 0. The number of aromatic nitrogens is 1. The summed E-state index contributed by atoms with van der Waals surface area (Å²) in [5.41, 5.74) is 1.26. The molecule has 1 aliphatic rings. The standard InChI is InChI=1S/C21H26ClN3O2/c1-2-23-13-16-9-11-24(12-10-16)21(27)18-7-8-20(26)25(15-18)14-17-5-3-4-6-19(17)22/h3-8,15-16,23H,2,9-14H2,1H3. The van der Waals surface area contributed by atoms with E-state index in [0.29, 0.717) is 23.0 Å². The number of benzene rings is 1. The second-order valence-electron chi connectivity index (χ2n) is 7.02. The van der Waals surface area contributed by atoms with Gasteiger partial charge in [0.25, 0.3) is 11.5 Å². The number of piperidine rings is 1. The largest absolute Gasteiger partial charge is 0.339 e. The fraction of sp³-hybridized carbons (Fsp3) is 0.429. The molecule has 5 nitrogen and oxygen atoms in total. The molecule has 3 rings (SSSR count). The van der Waals surface area contributed by atoms with E-state index >= 15 is 0 Å². The van der Waals surface area contributed by atoms with Gasteiger partial charge in [-0.3, -0.25) is 9.59 Å². The minimum atomic E-state index is -0.143. The quantitative estimate of drug-likeness (QED) is 0.828. The first-order chi connectivity index (χ1) is 13.1. The highest BCUT2D eigenvalue weighted by molar-refractivity contribution is 6.31. The van der Waals surface area contributed by atoms with Crippen LogP contribution in [0.3, 0.4) is 0 Å². The van der Waals surface area contributed by atoms with Crippen LogP contribution in [0.15, 0.2) is 47.4 Å². The van der Waals surface area contributed by atoms with Crippen molar-refractivity contribution in [3.8, 4) is 0 Å². The lowest BCUT2D eigenvalue weighted by molar-refractivity contribution is 0.0689. The third-order valence-electron chi connectivity index (χ3n) is 5.11. The smallest absolute Gasteiger partial charge is 0.255 e. The van der Waals surface area contributed by atoms with Crippen molar-refractivity contribution < 1.29 is 4.79 Å². The lowest BCUT2D eigenvalue weighted by atomic mass is 9.96. The van der Waals surface area contributed by atoms with Crippen molar-refractivity contribution in [3.05, 3.63) is 69.1 Å². The molecule has 0 bridgehead atoms. The van der Waals surface area contributed by atoms with E-state index < -0.39 is 0 Å². The van der Waals surface area contributed by atoms with Crippen LogP contribution in [0.4, 0.5) is 0 Å². The molecule has 0 spiro atoms. The van der Waals surface area contributed by atoms with Crippen LogP contribution in [0.1, 0.15) is 35.7 Å². The van der Waals surface area contributed by atoms with Crippen molar-refractivity contribution in [1.82, 2.24) is 14.8 Å². The first kappa shape index (κ1) is 19.6. The Bertz CT molecular complexity index is 841. The van der Waals surface area contributed by atoms with Crippen LogP contribution < -0.4 is 10.9 Å². The topological polar surface area (TPSA) is 54.3 Å². The van der Waals surface area contributed by atoms with Gasteiger partial charge in [-0.2, -0.15) is 0 Å². The maximum absolute atomic E-state index is 12.9. The third-order valence-corrected chi connectivity index (χ3v) is 5.48. The van der Waals surface area contributed by atoms with Gasteiger partial charge in [0.05, 0.1) is 12.1 Å². The van der Waals surface area contributed by atoms with E-state index in [-0.39, 0.29) is 11.5 Å². The van der Waals surface area contributed by atoms with Gasteiger partial charge in [0, 0.05) is 30.4 Å². The number of amides is 1. The van der Waals surface area contributed by atoms with Crippen molar-refractivity contribution >= 4 is 17.5 Å². The lowest BCUT2D eigenvalue weighted by Gasteiger charge is -2.32. The molecule has 144 valence electrons. The van der Waals surface area contributed by atoms with Gasteiger partial charge in [-0.15, -0.1) is 0 Å². The fourth-order valence-corrected chi connectivity index (χ4v) is 3.66. The molecule has 1 aromatic carbocycles. The second kappa shape index (κ2) is 9.20. The van der Waals surface area contributed by atoms with Crippen LogP contribution in [0, 0.1) is 5.92 Å². The molecule has 1 fully saturated rings. The van der Waals surface area contributed by atoms with Gasteiger partial charge in [0.15, 0.2) is 0 Å². The minimum absolute atomic E-state index is 0.00944. The average Bonchev–Trinajstić information content (AvgIpc) is 2.69. The van der Waals surface area contributed by atoms with Gasteiger partial charge in [-0.1, -0.05) is 36.7 Å². The molecule has 0 unspecified atom stereocenters. The Balaban J connectivity index is 1.69. The van der Waals surface area contributed by atoms with E-state index in [4.69, 9.17) is 11.6 Å². The van der Waals surface area contributed by atoms with Gasteiger partial charge in [0.2, 0.25) is 0 Å². The third kappa shape index (κ3) is 4.99. The molecule has 0 atom stereocenters. The molecule has 1 aromatic heterocycles. The zero-order valence-corrected chi connectivity index (χ0v) is 16.4. The van der Waals surface area contributed by atoms with Crippen LogP contribution >= 0.6 is 11.6 Å². The van der Waals surface area contributed by atoms with E-state index in [2.05, 4.69) is 12.2 Å². The van der Waals surface area contributed by atoms with Crippen LogP contribution in [-0.4, -0.2) is 41.6 Å². The number of pyridine rings is 1. The van der Waals surface area contributed by atoms with Gasteiger partial charge in [-0.25, -0.2) is 0 Å². The molecule has 0 radical (unpaired) electrons. The van der Waals surface area contributed by atoms with Crippen LogP contribution in [0.25, 0.3) is 0 Å². The lowest BCUT2D eigenvalue weighted by Crippen LogP contribution is -2.41. The summed E-state index contributed by atoms with van der Waals surface area (Å²) in [5, 5.41) is 4.00. The zero-order chi connectivity index (χ0) is 19.2. The summed E-state index contributed by atoms with van der Waals surface area (Å²) in [4.78, 5) is 27.0. The molecular formula is C21H26ClN3O2. The van der Waals surface area contributed by atoms with E-state index in [1.54, 1.807) is 22.9 Å². The molecule has 1 N–H and O–H groups in total. The Morgan fingerprint density at radius 2 is 1.93 bits per heavy atom. The molecule has 2 aromatic rings. The molecule has 2 heterocycles. The van der Waals surface area contributed by atoms with Crippen molar-refractivity contribution in [1.29, 1.82) is 0 Å². The van der Waals surface area contributed by atoms with Gasteiger partial charge >= 0.3 is 0 Å².